The van der Waals surface area contributed by atoms with Crippen LogP contribution in [0.5, 0.6) is 0 Å². The van der Waals surface area contributed by atoms with Crippen LogP contribution >= 0.6 is 11.3 Å². The van der Waals surface area contributed by atoms with E-state index in [1.807, 2.05) is 6.92 Å². The smallest absolute Gasteiger partial charge is 0.326 e. The molecule has 0 bridgehead atoms. The van der Waals surface area contributed by atoms with Crippen molar-refractivity contribution in [2.75, 3.05) is 0 Å². The normalized spacial score (nSPS) is 14.2. The molecule has 3 rings (SSSR count). The largest absolute Gasteiger partial charge is 0.481 e. The van der Waals surface area contributed by atoms with Crippen LogP contribution in [-0.2, 0) is 9.59 Å². The number of aliphatic carboxylic acids is 2. The highest BCUT2D eigenvalue weighted by atomic mass is 32.1. The number of aromatic nitrogens is 3. The van der Waals surface area contributed by atoms with Gasteiger partial charge in [0.15, 0.2) is 0 Å². The minimum atomic E-state index is -1.33. The van der Waals surface area contributed by atoms with Gasteiger partial charge in [-0.2, -0.15) is 0 Å². The van der Waals surface area contributed by atoms with Crippen LogP contribution < -0.4 is 10.9 Å². The number of thiophene rings is 1. The summed E-state index contributed by atoms with van der Waals surface area (Å²) in [5.41, 5.74) is 0.960. The Hall–Kier alpha value is -3.47. The number of nitrogens with zero attached hydrogens (tertiary/aromatic N) is 1. The molecule has 0 radical (unpaired) electrons. The molecule has 0 aromatic carbocycles. The molecule has 3 unspecified atom stereocenters. The molecule has 3 atom stereocenters. The molecule has 3 aromatic heterocycles. The topological polar surface area (TPSA) is 165 Å². The van der Waals surface area contributed by atoms with E-state index in [-0.39, 0.29) is 17.9 Å². The number of carbonyl (C=O) groups is 3. The zero-order chi connectivity index (χ0) is 22.9. The number of hydrogen-bond acceptors (Lipinski definition) is 6. The highest BCUT2D eigenvalue weighted by Gasteiger charge is 2.29. The van der Waals surface area contributed by atoms with Gasteiger partial charge >= 0.3 is 11.9 Å². The maximum absolute atomic E-state index is 12.6. The predicted octanol–water partition coefficient (Wildman–Crippen LogP) is 2.07. The summed E-state index contributed by atoms with van der Waals surface area (Å²) in [6.45, 7) is 5.04. The third kappa shape index (κ3) is 4.66. The molecule has 10 nitrogen and oxygen atoms in total. The number of hydrogen-bond donors (Lipinski definition) is 5. The van der Waals surface area contributed by atoms with Crippen LogP contribution in [-0.4, -0.2) is 49.1 Å². The molecule has 3 heterocycles. The van der Waals surface area contributed by atoms with Crippen LogP contribution in [0, 0.1) is 12.8 Å². The summed E-state index contributed by atoms with van der Waals surface area (Å²) in [5.74, 6) is -3.54. The number of nitrogens with one attached hydrogen (secondary N) is 3. The van der Waals surface area contributed by atoms with Crippen molar-refractivity contribution >= 4 is 40.2 Å². The molecule has 3 aromatic rings. The molecule has 11 heteroatoms. The van der Waals surface area contributed by atoms with Crippen LogP contribution in [0.3, 0.4) is 0 Å². The number of amides is 1. The molecule has 0 fully saturated rings. The Morgan fingerprint density at radius 1 is 1.23 bits per heavy atom. The molecule has 0 aliphatic carbocycles. The highest BCUT2D eigenvalue weighted by Crippen LogP contribution is 2.32. The number of carboxylic acid groups (broad SMARTS) is 2. The molecular formula is C20H22N4O6S. The van der Waals surface area contributed by atoms with E-state index in [0.717, 1.165) is 10.4 Å². The average molecular weight is 446 g/mol. The summed E-state index contributed by atoms with van der Waals surface area (Å²) in [5, 5.41) is 21.1. The molecule has 5 N–H and O–H groups in total. The first-order valence-corrected chi connectivity index (χ1v) is 10.3. The molecule has 1 amide bonds. The lowest BCUT2D eigenvalue weighted by Crippen LogP contribution is -2.45. The molecule has 0 saturated heterocycles. The van der Waals surface area contributed by atoms with Crippen LogP contribution in [0.2, 0.25) is 0 Å². The van der Waals surface area contributed by atoms with Crippen molar-refractivity contribution in [3.8, 4) is 0 Å². The second kappa shape index (κ2) is 8.72. The summed E-state index contributed by atoms with van der Waals surface area (Å²) < 4.78 is 0. The Labute approximate surface area is 180 Å². The van der Waals surface area contributed by atoms with Crippen molar-refractivity contribution in [2.45, 2.75) is 39.2 Å². The van der Waals surface area contributed by atoms with Gasteiger partial charge in [0.25, 0.3) is 11.5 Å². The van der Waals surface area contributed by atoms with Crippen LogP contribution in [0.25, 0.3) is 11.0 Å². The van der Waals surface area contributed by atoms with Gasteiger partial charge in [-0.25, -0.2) is 9.78 Å². The lowest BCUT2D eigenvalue weighted by Gasteiger charge is -2.19. The quantitative estimate of drug-likeness (QED) is 0.353. The van der Waals surface area contributed by atoms with Crippen molar-refractivity contribution in [3.63, 3.8) is 0 Å². The molecule has 164 valence electrons. The average Bonchev–Trinajstić information content (AvgIpc) is 3.31. The Morgan fingerprint density at radius 2 is 1.94 bits per heavy atom. The second-order valence-electron chi connectivity index (χ2n) is 7.41. The Bertz CT molecular complexity index is 1210. The van der Waals surface area contributed by atoms with Gasteiger partial charge in [0.2, 0.25) is 0 Å². The van der Waals surface area contributed by atoms with Gasteiger partial charge in [-0.1, -0.05) is 13.8 Å². The van der Waals surface area contributed by atoms with Gasteiger partial charge in [0.1, 0.15) is 17.5 Å². The van der Waals surface area contributed by atoms with Crippen molar-refractivity contribution in [2.24, 2.45) is 5.92 Å². The minimum Gasteiger partial charge on any atom is -0.481 e. The van der Waals surface area contributed by atoms with Crippen LogP contribution in [0.1, 0.15) is 52.1 Å². The van der Waals surface area contributed by atoms with Crippen molar-refractivity contribution in [1.29, 1.82) is 0 Å². The lowest BCUT2D eigenvalue weighted by molar-refractivity contribution is -0.142. The molecule has 0 aliphatic heterocycles. The number of carbonyl (C=O) groups excluding carboxylic acids is 1. The number of fused-ring (bicyclic) bond motifs is 1. The zero-order valence-corrected chi connectivity index (χ0v) is 17.9. The Morgan fingerprint density at radius 3 is 2.58 bits per heavy atom. The number of rotatable bonds is 8. The first-order valence-electron chi connectivity index (χ1n) is 9.51. The third-order valence-corrected chi connectivity index (χ3v) is 6.32. The summed E-state index contributed by atoms with van der Waals surface area (Å²) >= 11 is 1.18. The van der Waals surface area contributed by atoms with E-state index in [1.54, 1.807) is 25.3 Å². The summed E-state index contributed by atoms with van der Waals surface area (Å²) in [7, 11) is 0. The first kappa shape index (κ1) is 22.2. The van der Waals surface area contributed by atoms with Gasteiger partial charge < -0.3 is 25.5 Å². The van der Waals surface area contributed by atoms with E-state index in [4.69, 9.17) is 5.11 Å². The first-order chi connectivity index (χ1) is 14.6. The fraction of sp³-hybridized carbons (Fsp3) is 0.350. The maximum atomic E-state index is 12.6. The fourth-order valence-corrected chi connectivity index (χ4v) is 4.41. The molecule has 31 heavy (non-hydrogen) atoms. The van der Waals surface area contributed by atoms with E-state index in [2.05, 4.69) is 20.3 Å². The van der Waals surface area contributed by atoms with E-state index in [1.165, 1.54) is 18.3 Å². The fourth-order valence-electron chi connectivity index (χ4n) is 3.43. The van der Waals surface area contributed by atoms with Crippen molar-refractivity contribution in [1.82, 2.24) is 20.3 Å². The van der Waals surface area contributed by atoms with Gasteiger partial charge in [-0.15, -0.1) is 11.3 Å². The predicted molar refractivity (Wildman–Crippen MR) is 114 cm³/mol. The third-order valence-electron chi connectivity index (χ3n) is 5.05. The molecule has 0 saturated carbocycles. The SMILES string of the molecule is Cc1nc2[nH]cc(C(C)c3ccc(C(=O)NC(C(=O)O)C(C)CC(=O)O)s3)c2c(=O)[nH]1. The summed E-state index contributed by atoms with van der Waals surface area (Å²) in [4.78, 5) is 58.4. The molecule has 0 spiro atoms. The van der Waals surface area contributed by atoms with Crippen molar-refractivity contribution < 1.29 is 24.6 Å². The van der Waals surface area contributed by atoms with Gasteiger partial charge in [0, 0.05) is 17.0 Å². The van der Waals surface area contributed by atoms with Gasteiger partial charge in [0.05, 0.1) is 16.7 Å². The molecular weight excluding hydrogens is 424 g/mol. The standard InChI is InChI=1S/C20H22N4O6S/c1-8(6-14(25)26)16(20(29)30)24-18(27)13-5-4-12(31-13)9(2)11-7-21-17-15(11)19(28)23-10(3)22-17/h4-5,7-9,16H,6H2,1-3H3,(H,24,27)(H,25,26)(H,29,30)(H2,21,22,23,28). The van der Waals surface area contributed by atoms with E-state index in [9.17, 15) is 24.3 Å². The van der Waals surface area contributed by atoms with E-state index >= 15 is 0 Å². The Kier molecular flexibility index (Phi) is 6.25. The minimum absolute atomic E-state index is 0.216. The second-order valence-corrected chi connectivity index (χ2v) is 8.52. The van der Waals surface area contributed by atoms with Gasteiger partial charge in [-0.05, 0) is 30.5 Å². The maximum Gasteiger partial charge on any atom is 0.326 e. The zero-order valence-electron chi connectivity index (χ0n) is 17.1. The highest BCUT2D eigenvalue weighted by molar-refractivity contribution is 7.14. The lowest BCUT2D eigenvalue weighted by atomic mass is 9.98. The van der Waals surface area contributed by atoms with Crippen LogP contribution in [0.4, 0.5) is 0 Å². The van der Waals surface area contributed by atoms with Crippen molar-refractivity contribution in [3.05, 3.63) is 49.8 Å². The number of aromatic amines is 2. The number of carboxylic acids is 2. The van der Waals surface area contributed by atoms with Gasteiger partial charge in [-0.3, -0.25) is 14.4 Å². The molecule has 0 aliphatic rings. The number of H-pyrrole nitrogens is 2. The Balaban J connectivity index is 1.82. The van der Waals surface area contributed by atoms with E-state index < -0.39 is 29.8 Å². The summed E-state index contributed by atoms with van der Waals surface area (Å²) in [6, 6.07) is 2.00. The number of aryl methyl sites for hydroxylation is 1. The monoisotopic (exact) mass is 446 g/mol. The summed E-state index contributed by atoms with van der Waals surface area (Å²) in [6.07, 6.45) is 1.33. The van der Waals surface area contributed by atoms with Crippen LogP contribution in [0.15, 0.2) is 23.1 Å². The van der Waals surface area contributed by atoms with E-state index in [0.29, 0.717) is 21.7 Å².